The molecule has 2 aromatic rings. The summed E-state index contributed by atoms with van der Waals surface area (Å²) in [5.74, 6) is 1.10. The molecule has 0 spiro atoms. The molecule has 1 N–H and O–H groups in total. The van der Waals surface area contributed by atoms with Gasteiger partial charge < -0.3 is 10.1 Å². The second-order valence-corrected chi connectivity index (χ2v) is 6.17. The van der Waals surface area contributed by atoms with Crippen molar-refractivity contribution in [3.8, 4) is 5.69 Å². The van der Waals surface area contributed by atoms with Crippen LogP contribution in [0.3, 0.4) is 0 Å². The quantitative estimate of drug-likeness (QED) is 0.920. The van der Waals surface area contributed by atoms with Crippen molar-refractivity contribution in [3.05, 3.63) is 40.0 Å². The number of halogens is 1. The minimum atomic E-state index is 0.152. The van der Waals surface area contributed by atoms with E-state index in [1.165, 1.54) is 5.56 Å². The Kier molecular flexibility index (Phi) is 3.16. The van der Waals surface area contributed by atoms with Crippen molar-refractivity contribution in [3.63, 3.8) is 0 Å². The van der Waals surface area contributed by atoms with Crippen LogP contribution < -0.4 is 5.32 Å². The van der Waals surface area contributed by atoms with Gasteiger partial charge in [0.2, 0.25) is 0 Å². The van der Waals surface area contributed by atoms with E-state index in [4.69, 9.17) is 21.4 Å². The number of hydrogen-bond acceptors (Lipinski definition) is 3. The summed E-state index contributed by atoms with van der Waals surface area (Å²) < 4.78 is 7.84. The van der Waals surface area contributed by atoms with Crippen molar-refractivity contribution in [1.29, 1.82) is 0 Å². The van der Waals surface area contributed by atoms with Gasteiger partial charge in [-0.1, -0.05) is 17.7 Å². The fourth-order valence-electron chi connectivity index (χ4n) is 3.24. The van der Waals surface area contributed by atoms with Crippen molar-refractivity contribution in [2.24, 2.45) is 0 Å². The molecule has 5 heteroatoms. The van der Waals surface area contributed by atoms with Crippen molar-refractivity contribution in [2.45, 2.75) is 32.3 Å². The summed E-state index contributed by atoms with van der Waals surface area (Å²) >= 11 is 6.17. The molecule has 2 aliphatic rings. The van der Waals surface area contributed by atoms with E-state index in [1.54, 1.807) is 0 Å². The molecule has 1 unspecified atom stereocenters. The summed E-state index contributed by atoms with van der Waals surface area (Å²) in [5, 5.41) is 9.05. The van der Waals surface area contributed by atoms with Gasteiger partial charge in [-0.25, -0.2) is 4.68 Å². The lowest BCUT2D eigenvalue weighted by atomic mass is 10.1. The fraction of sp³-hybridized carbons (Fsp3) is 0.438. The summed E-state index contributed by atoms with van der Waals surface area (Å²) in [6.07, 6.45) is 3.36. The highest BCUT2D eigenvalue weighted by atomic mass is 35.5. The first-order valence-electron chi connectivity index (χ1n) is 7.48. The van der Waals surface area contributed by atoms with Crippen LogP contribution in [0.4, 0.5) is 5.82 Å². The second kappa shape index (κ2) is 5.04. The lowest BCUT2D eigenvalue weighted by Gasteiger charge is -2.10. The summed E-state index contributed by atoms with van der Waals surface area (Å²) in [5.41, 5.74) is 4.61. The van der Waals surface area contributed by atoms with Crippen LogP contribution in [0.2, 0.25) is 5.02 Å². The van der Waals surface area contributed by atoms with E-state index in [1.807, 2.05) is 22.9 Å². The molecule has 0 aliphatic carbocycles. The largest absolute Gasteiger partial charge is 0.372 e. The zero-order valence-electron chi connectivity index (χ0n) is 12.0. The van der Waals surface area contributed by atoms with Gasteiger partial charge in [0, 0.05) is 23.7 Å². The van der Waals surface area contributed by atoms with Crippen molar-refractivity contribution >= 4 is 17.4 Å². The number of nitrogens with zero attached hydrogens (tertiary/aromatic N) is 2. The number of nitrogens with one attached hydrogen (secondary N) is 1. The van der Waals surface area contributed by atoms with Crippen molar-refractivity contribution in [1.82, 2.24) is 9.78 Å². The Balaban J connectivity index is 1.86. The number of aromatic nitrogens is 2. The Morgan fingerprint density at radius 3 is 3.14 bits per heavy atom. The van der Waals surface area contributed by atoms with E-state index in [0.717, 1.165) is 60.2 Å². The van der Waals surface area contributed by atoms with Gasteiger partial charge in [-0.15, -0.1) is 0 Å². The van der Waals surface area contributed by atoms with Crippen LogP contribution in [-0.4, -0.2) is 22.9 Å². The molecule has 2 aliphatic heterocycles. The maximum absolute atomic E-state index is 6.17. The number of anilines is 1. The molecule has 1 aromatic heterocycles. The number of ether oxygens (including phenoxy) is 1. The predicted molar refractivity (Wildman–Crippen MR) is 83.4 cm³/mol. The first-order valence-corrected chi connectivity index (χ1v) is 7.85. The molecule has 0 radical (unpaired) electrons. The summed E-state index contributed by atoms with van der Waals surface area (Å²) in [6, 6.07) is 5.93. The highest BCUT2D eigenvalue weighted by Gasteiger charge is 2.30. The van der Waals surface area contributed by atoms with Crippen LogP contribution in [0.15, 0.2) is 18.2 Å². The molecule has 1 aromatic carbocycles. The molecule has 4 nitrogen and oxygen atoms in total. The zero-order chi connectivity index (χ0) is 14.4. The van der Waals surface area contributed by atoms with E-state index in [9.17, 15) is 0 Å². The molecule has 21 heavy (non-hydrogen) atoms. The Hall–Kier alpha value is -1.52. The Labute approximate surface area is 129 Å². The normalized spacial score (nSPS) is 20.6. The number of fused-ring (bicyclic) bond motifs is 1. The predicted octanol–water partition coefficient (Wildman–Crippen LogP) is 3.65. The second-order valence-electron chi connectivity index (χ2n) is 5.73. The molecular formula is C16H18ClN3O. The number of rotatable bonds is 2. The summed E-state index contributed by atoms with van der Waals surface area (Å²) in [7, 11) is 0. The molecule has 1 fully saturated rings. The standard InChI is InChI=1S/C16H18ClN3O/c1-10-4-5-11(17)9-13(10)20-16-12(6-7-18-16)15(19-20)14-3-2-8-21-14/h4-5,9,14,18H,2-3,6-8H2,1H3. The highest BCUT2D eigenvalue weighted by Crippen LogP contribution is 2.37. The average Bonchev–Trinajstić information content (AvgIpc) is 3.16. The Morgan fingerprint density at radius 1 is 1.43 bits per heavy atom. The van der Waals surface area contributed by atoms with Gasteiger partial charge in [-0.2, -0.15) is 5.10 Å². The minimum absolute atomic E-state index is 0.152. The maximum Gasteiger partial charge on any atom is 0.133 e. The van der Waals surface area contributed by atoms with Gasteiger partial charge in [-0.05, 0) is 43.9 Å². The lowest BCUT2D eigenvalue weighted by Crippen LogP contribution is -2.07. The molecule has 110 valence electrons. The molecule has 0 amide bonds. The van der Waals surface area contributed by atoms with Gasteiger partial charge >= 0.3 is 0 Å². The molecular weight excluding hydrogens is 286 g/mol. The minimum Gasteiger partial charge on any atom is -0.372 e. The number of aryl methyl sites for hydroxylation is 1. The van der Waals surface area contributed by atoms with Gasteiger partial charge in [0.15, 0.2) is 0 Å². The van der Waals surface area contributed by atoms with E-state index >= 15 is 0 Å². The fourth-order valence-corrected chi connectivity index (χ4v) is 3.40. The average molecular weight is 304 g/mol. The molecule has 1 atom stereocenters. The SMILES string of the molecule is Cc1ccc(Cl)cc1-n1nc(C2CCCO2)c2c1NCC2. The zero-order valence-corrected chi connectivity index (χ0v) is 12.8. The first-order chi connectivity index (χ1) is 10.2. The van der Waals surface area contributed by atoms with Crippen molar-refractivity contribution < 1.29 is 4.74 Å². The van der Waals surface area contributed by atoms with Gasteiger partial charge in [0.1, 0.15) is 11.9 Å². The van der Waals surface area contributed by atoms with Crippen LogP contribution in [-0.2, 0) is 11.2 Å². The Morgan fingerprint density at radius 2 is 2.33 bits per heavy atom. The Bertz CT molecular complexity index is 689. The van der Waals surface area contributed by atoms with E-state index in [-0.39, 0.29) is 6.10 Å². The first kappa shape index (κ1) is 13.2. The van der Waals surface area contributed by atoms with E-state index < -0.39 is 0 Å². The van der Waals surface area contributed by atoms with Crippen LogP contribution in [0, 0.1) is 6.92 Å². The molecule has 4 rings (SSSR count). The van der Waals surface area contributed by atoms with Crippen LogP contribution in [0.5, 0.6) is 0 Å². The van der Waals surface area contributed by atoms with Gasteiger partial charge in [0.05, 0.1) is 11.4 Å². The van der Waals surface area contributed by atoms with Gasteiger partial charge in [-0.3, -0.25) is 0 Å². The number of hydrogen-bond donors (Lipinski definition) is 1. The maximum atomic E-state index is 6.17. The molecule has 0 bridgehead atoms. The highest BCUT2D eigenvalue weighted by molar-refractivity contribution is 6.30. The third kappa shape index (κ3) is 2.14. The van der Waals surface area contributed by atoms with Crippen LogP contribution in [0.25, 0.3) is 5.69 Å². The third-order valence-corrected chi connectivity index (χ3v) is 4.55. The molecule has 0 saturated carbocycles. The van der Waals surface area contributed by atoms with Crippen LogP contribution >= 0.6 is 11.6 Å². The molecule has 1 saturated heterocycles. The van der Waals surface area contributed by atoms with Gasteiger partial charge in [0.25, 0.3) is 0 Å². The van der Waals surface area contributed by atoms with Crippen LogP contribution in [0.1, 0.15) is 35.8 Å². The monoisotopic (exact) mass is 303 g/mol. The third-order valence-electron chi connectivity index (χ3n) is 4.32. The molecule has 3 heterocycles. The summed E-state index contributed by atoms with van der Waals surface area (Å²) in [4.78, 5) is 0. The van der Waals surface area contributed by atoms with Crippen molar-refractivity contribution in [2.75, 3.05) is 18.5 Å². The summed E-state index contributed by atoms with van der Waals surface area (Å²) in [6.45, 7) is 3.89. The van der Waals surface area contributed by atoms with E-state index in [2.05, 4.69) is 12.2 Å². The lowest BCUT2D eigenvalue weighted by molar-refractivity contribution is 0.107. The van der Waals surface area contributed by atoms with E-state index in [0.29, 0.717) is 0 Å². The topological polar surface area (TPSA) is 39.1 Å². The number of benzene rings is 1. The smallest absolute Gasteiger partial charge is 0.133 e.